The van der Waals surface area contributed by atoms with E-state index in [0.717, 1.165) is 30.4 Å². The Hall–Kier alpha value is -0.350. The Morgan fingerprint density at radius 1 is 1.33 bits per heavy atom. The third kappa shape index (κ3) is 6.11. The first-order chi connectivity index (χ1) is 9.78. The summed E-state index contributed by atoms with van der Waals surface area (Å²) >= 11 is 3.69. The van der Waals surface area contributed by atoms with Crippen LogP contribution in [-0.2, 0) is 6.54 Å². The van der Waals surface area contributed by atoms with Crippen molar-refractivity contribution in [3.63, 3.8) is 0 Å². The molecule has 0 radical (unpaired) electrons. The van der Waals surface area contributed by atoms with Gasteiger partial charge in [-0.2, -0.15) is 5.10 Å². The van der Waals surface area contributed by atoms with E-state index in [0.29, 0.717) is 17.4 Å². The van der Waals surface area contributed by atoms with Crippen molar-refractivity contribution in [2.24, 2.45) is 11.3 Å². The maximum atomic E-state index is 4.52. The van der Waals surface area contributed by atoms with E-state index < -0.39 is 0 Å². The van der Waals surface area contributed by atoms with Gasteiger partial charge in [0.1, 0.15) is 0 Å². The molecule has 1 N–H and O–H groups in total. The van der Waals surface area contributed by atoms with Gasteiger partial charge >= 0.3 is 0 Å². The van der Waals surface area contributed by atoms with Gasteiger partial charge in [-0.15, -0.1) is 0 Å². The van der Waals surface area contributed by atoms with Gasteiger partial charge in [0.05, 0.1) is 22.4 Å². The molecule has 0 aliphatic heterocycles. The molecule has 2 unspecified atom stereocenters. The van der Waals surface area contributed by atoms with Gasteiger partial charge in [-0.1, -0.05) is 41.5 Å². The molecule has 0 saturated carbocycles. The van der Waals surface area contributed by atoms with Gasteiger partial charge in [0.2, 0.25) is 0 Å². The fraction of sp³-hybridized carbons (Fsp3) is 0.824. The number of aromatic nitrogens is 2. The molecule has 0 bridgehead atoms. The molecule has 0 saturated heterocycles. The predicted molar refractivity (Wildman–Crippen MR) is 94.5 cm³/mol. The highest BCUT2D eigenvalue weighted by Crippen LogP contribution is 2.33. The molecule has 1 aromatic heterocycles. The van der Waals surface area contributed by atoms with E-state index in [-0.39, 0.29) is 0 Å². The molecular weight excluding hydrogens is 326 g/mol. The molecule has 21 heavy (non-hydrogen) atoms. The first-order valence-corrected chi connectivity index (χ1v) is 9.02. The van der Waals surface area contributed by atoms with Crippen LogP contribution < -0.4 is 5.32 Å². The highest BCUT2D eigenvalue weighted by Gasteiger charge is 2.23. The molecule has 2 atom stereocenters. The number of hydrogen-bond donors (Lipinski definition) is 1. The Labute approximate surface area is 139 Å². The van der Waals surface area contributed by atoms with Crippen LogP contribution in [0.4, 0.5) is 0 Å². The lowest BCUT2D eigenvalue weighted by atomic mass is 9.82. The molecule has 0 spiro atoms. The van der Waals surface area contributed by atoms with E-state index in [4.69, 9.17) is 0 Å². The third-order valence-electron chi connectivity index (χ3n) is 3.65. The fourth-order valence-electron chi connectivity index (χ4n) is 3.18. The van der Waals surface area contributed by atoms with Crippen molar-refractivity contribution < 1.29 is 0 Å². The van der Waals surface area contributed by atoms with Crippen LogP contribution in [0.2, 0.25) is 0 Å². The Morgan fingerprint density at radius 3 is 2.52 bits per heavy atom. The predicted octanol–water partition coefficient (Wildman–Crippen LogP) is 5.17. The molecular formula is C17H32BrN3. The van der Waals surface area contributed by atoms with Gasteiger partial charge in [0, 0.05) is 6.54 Å². The summed E-state index contributed by atoms with van der Waals surface area (Å²) in [4.78, 5) is 0. The van der Waals surface area contributed by atoms with E-state index >= 15 is 0 Å². The highest BCUT2D eigenvalue weighted by atomic mass is 79.9. The maximum Gasteiger partial charge on any atom is 0.0695 e. The van der Waals surface area contributed by atoms with Crippen molar-refractivity contribution in [3.05, 3.63) is 16.4 Å². The van der Waals surface area contributed by atoms with Crippen molar-refractivity contribution >= 4 is 15.9 Å². The summed E-state index contributed by atoms with van der Waals surface area (Å²) in [6, 6.07) is 0.371. The average Bonchev–Trinajstić information content (AvgIpc) is 2.68. The monoisotopic (exact) mass is 357 g/mol. The lowest BCUT2D eigenvalue weighted by Gasteiger charge is -2.28. The minimum atomic E-state index is 0.371. The topological polar surface area (TPSA) is 29.9 Å². The van der Waals surface area contributed by atoms with Crippen molar-refractivity contribution in [3.8, 4) is 0 Å². The van der Waals surface area contributed by atoms with Crippen molar-refractivity contribution in [1.82, 2.24) is 15.1 Å². The largest absolute Gasteiger partial charge is 0.309 e. The standard InChI is InChI=1S/C17H32BrN3/c1-7-9-21-16(14(18)12-20-21)15(19-8-2)10-13(3)11-17(4,5)6/h12-13,15,19H,7-11H2,1-6H3. The second-order valence-electron chi connectivity index (χ2n) is 7.32. The second kappa shape index (κ2) is 8.33. The van der Waals surface area contributed by atoms with Crippen LogP contribution in [0.5, 0.6) is 0 Å². The number of hydrogen-bond acceptors (Lipinski definition) is 2. The normalized spacial score (nSPS) is 15.2. The molecule has 0 amide bonds. The Bertz CT molecular complexity index is 420. The summed E-state index contributed by atoms with van der Waals surface area (Å²) < 4.78 is 3.28. The van der Waals surface area contributed by atoms with Gasteiger partial charge in [-0.3, -0.25) is 4.68 Å². The lowest BCUT2D eigenvalue weighted by molar-refractivity contribution is 0.272. The van der Waals surface area contributed by atoms with Crippen LogP contribution in [0.3, 0.4) is 0 Å². The maximum absolute atomic E-state index is 4.52. The Morgan fingerprint density at radius 2 is 2.00 bits per heavy atom. The third-order valence-corrected chi connectivity index (χ3v) is 4.26. The number of halogens is 1. The quantitative estimate of drug-likeness (QED) is 0.695. The molecule has 122 valence electrons. The molecule has 0 aromatic carbocycles. The van der Waals surface area contributed by atoms with Crippen molar-refractivity contribution in [2.75, 3.05) is 6.54 Å². The Balaban J connectivity index is 2.88. The molecule has 0 fully saturated rings. The van der Waals surface area contributed by atoms with Gasteiger partial charge in [-0.05, 0) is 53.1 Å². The van der Waals surface area contributed by atoms with Gasteiger partial charge < -0.3 is 5.32 Å². The smallest absolute Gasteiger partial charge is 0.0695 e. The van der Waals surface area contributed by atoms with Crippen LogP contribution in [0.1, 0.15) is 72.5 Å². The zero-order valence-electron chi connectivity index (χ0n) is 14.5. The Kier molecular flexibility index (Phi) is 7.41. The zero-order valence-corrected chi connectivity index (χ0v) is 16.1. The molecule has 0 aliphatic rings. The summed E-state index contributed by atoms with van der Waals surface area (Å²) in [5.41, 5.74) is 1.69. The minimum absolute atomic E-state index is 0.371. The summed E-state index contributed by atoms with van der Waals surface area (Å²) in [6.45, 7) is 15.7. The SMILES string of the molecule is CCCn1ncc(Br)c1C(CC(C)CC(C)(C)C)NCC. The number of aryl methyl sites for hydroxylation is 1. The molecule has 4 heteroatoms. The van der Waals surface area contributed by atoms with Crippen LogP contribution in [0, 0.1) is 11.3 Å². The first-order valence-electron chi connectivity index (χ1n) is 8.23. The summed E-state index contributed by atoms with van der Waals surface area (Å²) in [7, 11) is 0. The van der Waals surface area contributed by atoms with Crippen LogP contribution in [0.25, 0.3) is 0 Å². The summed E-state index contributed by atoms with van der Waals surface area (Å²) in [5, 5.41) is 8.17. The number of nitrogens with one attached hydrogen (secondary N) is 1. The fourth-order valence-corrected chi connectivity index (χ4v) is 3.75. The molecule has 1 aromatic rings. The first kappa shape index (κ1) is 18.7. The summed E-state index contributed by atoms with van der Waals surface area (Å²) in [6.07, 6.45) is 5.44. The van der Waals surface area contributed by atoms with E-state index in [9.17, 15) is 0 Å². The van der Waals surface area contributed by atoms with E-state index in [2.05, 4.69) is 72.6 Å². The van der Waals surface area contributed by atoms with Crippen molar-refractivity contribution in [2.45, 2.75) is 73.4 Å². The zero-order chi connectivity index (χ0) is 16.0. The van der Waals surface area contributed by atoms with Crippen LogP contribution in [-0.4, -0.2) is 16.3 Å². The number of nitrogens with zero attached hydrogens (tertiary/aromatic N) is 2. The van der Waals surface area contributed by atoms with Crippen LogP contribution in [0.15, 0.2) is 10.7 Å². The number of rotatable bonds is 8. The minimum Gasteiger partial charge on any atom is -0.309 e. The second-order valence-corrected chi connectivity index (χ2v) is 8.17. The molecule has 0 aliphatic carbocycles. The van der Waals surface area contributed by atoms with Gasteiger partial charge in [0.25, 0.3) is 0 Å². The van der Waals surface area contributed by atoms with Gasteiger partial charge in [0.15, 0.2) is 0 Å². The summed E-state index contributed by atoms with van der Waals surface area (Å²) in [5.74, 6) is 0.686. The molecule has 3 nitrogen and oxygen atoms in total. The average molecular weight is 358 g/mol. The van der Waals surface area contributed by atoms with E-state index in [1.54, 1.807) is 0 Å². The van der Waals surface area contributed by atoms with Gasteiger partial charge in [-0.25, -0.2) is 0 Å². The van der Waals surface area contributed by atoms with Crippen molar-refractivity contribution in [1.29, 1.82) is 0 Å². The highest BCUT2D eigenvalue weighted by molar-refractivity contribution is 9.10. The molecule has 1 rings (SSSR count). The lowest BCUT2D eigenvalue weighted by Crippen LogP contribution is -2.27. The van der Waals surface area contributed by atoms with E-state index in [1.165, 1.54) is 12.1 Å². The molecule has 1 heterocycles. The van der Waals surface area contributed by atoms with Crippen LogP contribution >= 0.6 is 15.9 Å². The van der Waals surface area contributed by atoms with E-state index in [1.807, 2.05) is 6.20 Å².